The summed E-state index contributed by atoms with van der Waals surface area (Å²) in [5, 5.41) is 8.65. The Morgan fingerprint density at radius 2 is 2.11 bits per heavy atom. The number of para-hydroxylation sites is 2. The van der Waals surface area contributed by atoms with Gasteiger partial charge in [-0.1, -0.05) is 12.1 Å². The van der Waals surface area contributed by atoms with E-state index < -0.39 is 5.97 Å². The van der Waals surface area contributed by atoms with E-state index in [2.05, 4.69) is 4.98 Å². The molecular formula is C12H11NO5. The Balaban J connectivity index is 2.04. The molecular weight excluding hydrogens is 238 g/mol. The second kappa shape index (κ2) is 5.22. The van der Waals surface area contributed by atoms with Crippen LogP contribution in [-0.4, -0.2) is 23.2 Å². The van der Waals surface area contributed by atoms with Crippen LogP contribution in [0, 0.1) is 0 Å². The summed E-state index contributed by atoms with van der Waals surface area (Å²) in [5.74, 6) is -0.0887. The van der Waals surface area contributed by atoms with Gasteiger partial charge in [-0.25, -0.2) is 9.78 Å². The number of nitrogens with zero attached hydrogens (tertiary/aromatic N) is 1. The van der Waals surface area contributed by atoms with Crippen molar-refractivity contribution in [1.82, 2.24) is 4.98 Å². The monoisotopic (exact) mass is 249 g/mol. The first-order valence-electron chi connectivity index (χ1n) is 5.14. The number of rotatable bonds is 5. The van der Waals surface area contributed by atoms with E-state index in [-0.39, 0.29) is 12.5 Å². The van der Waals surface area contributed by atoms with Gasteiger partial charge in [-0.15, -0.1) is 0 Å². The van der Waals surface area contributed by atoms with E-state index >= 15 is 0 Å². The lowest BCUT2D eigenvalue weighted by atomic mass is 10.3. The Morgan fingerprint density at radius 1 is 1.39 bits per heavy atom. The highest BCUT2D eigenvalue weighted by Crippen LogP contribution is 2.26. The van der Waals surface area contributed by atoms with E-state index in [0.717, 1.165) is 0 Å². The third-order valence-corrected chi connectivity index (χ3v) is 2.18. The molecule has 1 aromatic heterocycles. The van der Waals surface area contributed by atoms with Crippen LogP contribution in [0.4, 0.5) is 0 Å². The zero-order valence-corrected chi connectivity index (χ0v) is 9.62. The second-order valence-electron chi connectivity index (χ2n) is 3.38. The zero-order valence-electron chi connectivity index (χ0n) is 9.62. The molecule has 0 atom stereocenters. The highest BCUT2D eigenvalue weighted by molar-refractivity contribution is 5.81. The third kappa shape index (κ3) is 2.60. The first kappa shape index (κ1) is 12.0. The maximum atomic E-state index is 10.6. The van der Waals surface area contributed by atoms with Crippen molar-refractivity contribution in [2.24, 2.45) is 0 Å². The lowest BCUT2D eigenvalue weighted by Gasteiger charge is -2.08. The van der Waals surface area contributed by atoms with Gasteiger partial charge >= 0.3 is 11.9 Å². The Morgan fingerprint density at radius 3 is 2.72 bits per heavy atom. The van der Waals surface area contributed by atoms with Crippen molar-refractivity contribution in [3.05, 3.63) is 42.1 Å². The third-order valence-electron chi connectivity index (χ3n) is 2.18. The van der Waals surface area contributed by atoms with Crippen molar-refractivity contribution in [2.75, 3.05) is 7.11 Å². The van der Waals surface area contributed by atoms with Crippen LogP contribution in [0.1, 0.15) is 16.4 Å². The minimum atomic E-state index is -1.21. The van der Waals surface area contributed by atoms with Crippen LogP contribution in [0.25, 0.3) is 0 Å². The van der Waals surface area contributed by atoms with E-state index in [1.54, 1.807) is 25.3 Å². The SMILES string of the molecule is COc1ccccc1OCc1cnc(C(=O)O)o1. The number of carboxylic acid groups (broad SMARTS) is 1. The predicted molar refractivity (Wildman–Crippen MR) is 60.8 cm³/mol. The smallest absolute Gasteiger partial charge is 0.392 e. The van der Waals surface area contributed by atoms with E-state index in [9.17, 15) is 4.79 Å². The van der Waals surface area contributed by atoms with Gasteiger partial charge in [0.1, 0.15) is 6.61 Å². The summed E-state index contributed by atoms with van der Waals surface area (Å²) in [5.41, 5.74) is 0. The molecule has 2 rings (SSSR count). The van der Waals surface area contributed by atoms with Crippen LogP contribution in [0.3, 0.4) is 0 Å². The van der Waals surface area contributed by atoms with Crippen molar-refractivity contribution in [1.29, 1.82) is 0 Å². The summed E-state index contributed by atoms with van der Waals surface area (Å²) in [6.07, 6.45) is 1.32. The maximum Gasteiger partial charge on any atom is 0.392 e. The molecule has 0 aliphatic heterocycles. The second-order valence-corrected chi connectivity index (χ2v) is 3.38. The summed E-state index contributed by atoms with van der Waals surface area (Å²) in [4.78, 5) is 14.2. The number of carbonyl (C=O) groups is 1. The van der Waals surface area contributed by atoms with Gasteiger partial charge in [0.05, 0.1) is 13.3 Å². The molecule has 0 saturated heterocycles. The first-order chi connectivity index (χ1) is 8.70. The molecule has 1 N–H and O–H groups in total. The Kier molecular flexibility index (Phi) is 3.47. The fraction of sp³-hybridized carbons (Fsp3) is 0.167. The molecule has 6 heteroatoms. The Bertz CT molecular complexity index is 549. The lowest BCUT2D eigenvalue weighted by molar-refractivity contribution is 0.0649. The molecule has 0 bridgehead atoms. The van der Waals surface area contributed by atoms with Crippen molar-refractivity contribution in [3.8, 4) is 11.5 Å². The molecule has 0 unspecified atom stereocenters. The largest absolute Gasteiger partial charge is 0.493 e. The number of aromatic nitrogens is 1. The van der Waals surface area contributed by atoms with E-state index in [0.29, 0.717) is 17.3 Å². The Hall–Kier alpha value is -2.50. The van der Waals surface area contributed by atoms with Gasteiger partial charge in [0, 0.05) is 0 Å². The molecule has 6 nitrogen and oxygen atoms in total. The van der Waals surface area contributed by atoms with Crippen LogP contribution in [0.15, 0.2) is 34.9 Å². The zero-order chi connectivity index (χ0) is 13.0. The molecule has 0 aliphatic carbocycles. The number of hydrogen-bond donors (Lipinski definition) is 1. The van der Waals surface area contributed by atoms with Gasteiger partial charge in [-0.05, 0) is 12.1 Å². The number of benzene rings is 1. The van der Waals surface area contributed by atoms with E-state index in [4.69, 9.17) is 19.0 Å². The highest BCUT2D eigenvalue weighted by Gasteiger charge is 2.12. The fourth-order valence-electron chi connectivity index (χ4n) is 1.36. The molecule has 1 heterocycles. The molecule has 0 amide bonds. The molecule has 0 saturated carbocycles. The quantitative estimate of drug-likeness (QED) is 0.872. The number of oxazole rings is 1. The number of hydrogen-bond acceptors (Lipinski definition) is 5. The van der Waals surface area contributed by atoms with Gasteiger partial charge in [0.2, 0.25) is 0 Å². The maximum absolute atomic E-state index is 10.6. The van der Waals surface area contributed by atoms with Crippen LogP contribution in [0.2, 0.25) is 0 Å². The molecule has 0 radical (unpaired) electrons. The molecule has 0 fully saturated rings. The minimum absolute atomic E-state index is 0.0840. The van der Waals surface area contributed by atoms with E-state index in [1.807, 2.05) is 6.07 Å². The normalized spacial score (nSPS) is 10.1. The van der Waals surface area contributed by atoms with Gasteiger partial charge in [0.25, 0.3) is 0 Å². The van der Waals surface area contributed by atoms with Crippen LogP contribution < -0.4 is 9.47 Å². The molecule has 2 aromatic rings. The van der Waals surface area contributed by atoms with Gasteiger partial charge < -0.3 is 19.0 Å². The van der Waals surface area contributed by atoms with Crippen LogP contribution >= 0.6 is 0 Å². The van der Waals surface area contributed by atoms with Gasteiger partial charge in [0.15, 0.2) is 17.3 Å². The number of ether oxygens (including phenoxy) is 2. The summed E-state index contributed by atoms with van der Waals surface area (Å²) >= 11 is 0. The standard InChI is InChI=1S/C12H11NO5/c1-16-9-4-2-3-5-10(9)17-7-8-6-13-11(18-8)12(14)15/h2-6H,7H2,1H3,(H,14,15). The topological polar surface area (TPSA) is 81.8 Å². The summed E-state index contributed by atoms with van der Waals surface area (Å²) < 4.78 is 15.5. The predicted octanol–water partition coefficient (Wildman–Crippen LogP) is 1.96. The molecule has 94 valence electrons. The first-order valence-corrected chi connectivity index (χ1v) is 5.14. The average molecular weight is 249 g/mol. The van der Waals surface area contributed by atoms with Crippen molar-refractivity contribution >= 4 is 5.97 Å². The summed E-state index contributed by atoms with van der Waals surface area (Å²) in [7, 11) is 1.54. The van der Waals surface area contributed by atoms with Crippen molar-refractivity contribution in [3.63, 3.8) is 0 Å². The van der Waals surface area contributed by atoms with E-state index in [1.165, 1.54) is 6.20 Å². The van der Waals surface area contributed by atoms with Gasteiger partial charge in [-0.2, -0.15) is 0 Å². The Labute approximate surface area is 103 Å². The van der Waals surface area contributed by atoms with Crippen molar-refractivity contribution in [2.45, 2.75) is 6.61 Å². The highest BCUT2D eigenvalue weighted by atomic mass is 16.5. The van der Waals surface area contributed by atoms with Gasteiger partial charge in [-0.3, -0.25) is 0 Å². The average Bonchev–Trinajstić information content (AvgIpc) is 2.85. The summed E-state index contributed by atoms with van der Waals surface area (Å²) in [6.45, 7) is 0.0840. The lowest BCUT2D eigenvalue weighted by Crippen LogP contribution is -1.97. The summed E-state index contributed by atoms with van der Waals surface area (Å²) in [6, 6.07) is 7.13. The fourth-order valence-corrected chi connectivity index (χ4v) is 1.36. The minimum Gasteiger partial charge on any atom is -0.493 e. The van der Waals surface area contributed by atoms with Crippen molar-refractivity contribution < 1.29 is 23.8 Å². The molecule has 0 aliphatic rings. The number of aromatic carboxylic acids is 1. The molecule has 1 aromatic carbocycles. The molecule has 0 spiro atoms. The number of methoxy groups -OCH3 is 1. The number of carboxylic acids is 1. The van der Waals surface area contributed by atoms with Crippen LogP contribution in [0.5, 0.6) is 11.5 Å². The van der Waals surface area contributed by atoms with Crippen LogP contribution in [-0.2, 0) is 6.61 Å². The molecule has 18 heavy (non-hydrogen) atoms.